The number of hydrogen-bond acceptors (Lipinski definition) is 0. The first kappa shape index (κ1) is 9.83. The average molecular weight is 214 g/mol. The topological polar surface area (TPSA) is 0 Å². The largest absolute Gasteiger partial charge is 0.207 e. The van der Waals surface area contributed by atoms with Crippen LogP contribution >= 0.6 is 0 Å². The second-order valence-electron chi connectivity index (χ2n) is 5.38. The van der Waals surface area contributed by atoms with Crippen molar-refractivity contribution in [2.45, 2.75) is 25.7 Å². The predicted molar refractivity (Wildman–Crippen MR) is 64.7 cm³/mol. The highest BCUT2D eigenvalue weighted by Gasteiger charge is 2.60. The molecule has 1 aromatic rings. The Balaban J connectivity index is 2.26. The summed E-state index contributed by atoms with van der Waals surface area (Å²) in [6.45, 7) is 4.48. The summed E-state index contributed by atoms with van der Waals surface area (Å²) in [5, 5.41) is 0. The molecule has 0 heterocycles. The van der Waals surface area contributed by atoms with Gasteiger partial charge in [-0.25, -0.2) is 4.39 Å². The van der Waals surface area contributed by atoms with E-state index < -0.39 is 0 Å². The van der Waals surface area contributed by atoms with Crippen LogP contribution in [-0.2, 0) is 5.41 Å². The summed E-state index contributed by atoms with van der Waals surface area (Å²) in [5.74, 6) is -0.150. The molecular formula is C15H15F. The van der Waals surface area contributed by atoms with Gasteiger partial charge >= 0.3 is 0 Å². The highest BCUT2D eigenvalue weighted by Crippen LogP contribution is 2.66. The molecule has 82 valence electrons. The fourth-order valence-corrected chi connectivity index (χ4v) is 2.92. The van der Waals surface area contributed by atoms with E-state index in [4.69, 9.17) is 0 Å². The Morgan fingerprint density at radius 2 is 1.94 bits per heavy atom. The molecule has 0 aromatic heterocycles. The third kappa shape index (κ3) is 1.14. The molecule has 3 rings (SSSR count). The van der Waals surface area contributed by atoms with E-state index in [0.717, 1.165) is 12.0 Å². The smallest absolute Gasteiger partial charge is 0.123 e. The highest BCUT2D eigenvalue weighted by atomic mass is 19.1. The van der Waals surface area contributed by atoms with Crippen molar-refractivity contribution < 1.29 is 4.39 Å². The lowest BCUT2D eigenvalue weighted by molar-refractivity contribution is 0.580. The normalized spacial score (nSPS) is 40.8. The Morgan fingerprint density at radius 1 is 1.19 bits per heavy atom. The molecule has 0 amide bonds. The van der Waals surface area contributed by atoms with Crippen molar-refractivity contribution in [1.29, 1.82) is 0 Å². The molecule has 16 heavy (non-hydrogen) atoms. The first-order chi connectivity index (χ1) is 7.55. The SMILES string of the molecule is CC12/C=C\C(F)=C/c3ccccc3C1(C)C2. The minimum absolute atomic E-state index is 0.120. The molecule has 1 heteroatoms. The minimum Gasteiger partial charge on any atom is -0.207 e. The van der Waals surface area contributed by atoms with Gasteiger partial charge in [0.1, 0.15) is 5.83 Å². The summed E-state index contributed by atoms with van der Waals surface area (Å²) in [6, 6.07) is 8.14. The zero-order valence-electron chi connectivity index (χ0n) is 9.63. The van der Waals surface area contributed by atoms with Gasteiger partial charge in [-0.15, -0.1) is 0 Å². The number of fused-ring (bicyclic) bond motifs is 3. The molecule has 0 spiro atoms. The number of allylic oxidation sites excluding steroid dienone is 3. The van der Waals surface area contributed by atoms with E-state index in [0.29, 0.717) is 0 Å². The second kappa shape index (κ2) is 2.85. The van der Waals surface area contributed by atoms with Crippen LogP contribution in [0.15, 0.2) is 42.2 Å². The quantitative estimate of drug-likeness (QED) is 0.606. The van der Waals surface area contributed by atoms with Crippen molar-refractivity contribution in [3.8, 4) is 0 Å². The fourth-order valence-electron chi connectivity index (χ4n) is 2.92. The molecule has 0 aliphatic heterocycles. The van der Waals surface area contributed by atoms with Crippen LogP contribution in [0.4, 0.5) is 4.39 Å². The zero-order valence-corrected chi connectivity index (χ0v) is 9.63. The molecule has 2 atom stereocenters. The molecule has 1 aromatic carbocycles. The molecular weight excluding hydrogens is 199 g/mol. The van der Waals surface area contributed by atoms with Gasteiger partial charge in [0.25, 0.3) is 0 Å². The molecule has 2 aliphatic carbocycles. The lowest BCUT2D eigenvalue weighted by Crippen LogP contribution is -2.12. The van der Waals surface area contributed by atoms with Crippen molar-refractivity contribution in [2.24, 2.45) is 5.41 Å². The van der Waals surface area contributed by atoms with E-state index in [-0.39, 0.29) is 16.7 Å². The molecule has 2 aliphatic rings. The standard InChI is InChI=1S/C15H15F/c1-14-8-7-12(16)9-11-5-3-4-6-13(11)15(14,2)10-14/h3-9H,10H2,1-2H3/b8-7-,12-9+. The molecule has 0 N–H and O–H groups in total. The van der Waals surface area contributed by atoms with Crippen LogP contribution in [0.3, 0.4) is 0 Å². The van der Waals surface area contributed by atoms with Crippen molar-refractivity contribution in [3.63, 3.8) is 0 Å². The van der Waals surface area contributed by atoms with Crippen LogP contribution in [0, 0.1) is 5.41 Å². The third-order valence-corrected chi connectivity index (χ3v) is 4.32. The average Bonchev–Trinajstić information content (AvgIpc) is 2.79. The Labute approximate surface area is 95.5 Å². The van der Waals surface area contributed by atoms with Gasteiger partial charge in [0, 0.05) is 5.41 Å². The third-order valence-electron chi connectivity index (χ3n) is 4.32. The minimum atomic E-state index is -0.150. The van der Waals surface area contributed by atoms with Gasteiger partial charge in [0.15, 0.2) is 0 Å². The number of benzene rings is 1. The number of halogens is 1. The van der Waals surface area contributed by atoms with Crippen LogP contribution in [-0.4, -0.2) is 0 Å². The van der Waals surface area contributed by atoms with Crippen molar-refractivity contribution in [2.75, 3.05) is 0 Å². The van der Waals surface area contributed by atoms with E-state index in [1.165, 1.54) is 5.56 Å². The van der Waals surface area contributed by atoms with Gasteiger partial charge < -0.3 is 0 Å². The fraction of sp³-hybridized carbons (Fsp3) is 0.333. The Hall–Kier alpha value is -1.37. The molecule has 1 saturated carbocycles. The summed E-state index contributed by atoms with van der Waals surface area (Å²) >= 11 is 0. The first-order valence-electron chi connectivity index (χ1n) is 5.71. The van der Waals surface area contributed by atoms with Gasteiger partial charge in [-0.3, -0.25) is 0 Å². The second-order valence-corrected chi connectivity index (χ2v) is 5.38. The maximum atomic E-state index is 13.6. The summed E-state index contributed by atoms with van der Waals surface area (Å²) in [4.78, 5) is 0. The van der Waals surface area contributed by atoms with E-state index >= 15 is 0 Å². The van der Waals surface area contributed by atoms with E-state index in [2.05, 4.69) is 19.9 Å². The van der Waals surface area contributed by atoms with Crippen LogP contribution in [0.25, 0.3) is 6.08 Å². The predicted octanol–water partition coefficient (Wildman–Crippen LogP) is 4.23. The van der Waals surface area contributed by atoms with Crippen molar-refractivity contribution >= 4 is 6.08 Å². The summed E-state index contributed by atoms with van der Waals surface area (Å²) in [7, 11) is 0. The van der Waals surface area contributed by atoms with Crippen LogP contribution < -0.4 is 0 Å². The van der Waals surface area contributed by atoms with Crippen molar-refractivity contribution in [1.82, 2.24) is 0 Å². The van der Waals surface area contributed by atoms with Gasteiger partial charge in [0.2, 0.25) is 0 Å². The maximum absolute atomic E-state index is 13.6. The summed E-state index contributed by atoms with van der Waals surface area (Å²) in [5.41, 5.74) is 2.60. The van der Waals surface area contributed by atoms with Gasteiger partial charge in [-0.2, -0.15) is 0 Å². The first-order valence-corrected chi connectivity index (χ1v) is 5.71. The Kier molecular flexibility index (Phi) is 1.75. The van der Waals surface area contributed by atoms with Gasteiger partial charge in [-0.1, -0.05) is 44.2 Å². The summed E-state index contributed by atoms with van der Waals surface area (Å²) in [6.07, 6.45) is 6.37. The molecule has 0 radical (unpaired) electrons. The lowest BCUT2D eigenvalue weighted by atomic mass is 9.84. The van der Waals surface area contributed by atoms with Gasteiger partial charge in [0.05, 0.1) is 0 Å². The van der Waals surface area contributed by atoms with E-state index in [1.807, 2.05) is 24.3 Å². The van der Waals surface area contributed by atoms with Crippen LogP contribution in [0.5, 0.6) is 0 Å². The number of rotatable bonds is 0. The van der Waals surface area contributed by atoms with Crippen LogP contribution in [0.2, 0.25) is 0 Å². The Bertz CT molecular complexity index is 512. The summed E-state index contributed by atoms with van der Waals surface area (Å²) < 4.78 is 13.6. The monoisotopic (exact) mass is 214 g/mol. The molecule has 1 fully saturated rings. The maximum Gasteiger partial charge on any atom is 0.123 e. The van der Waals surface area contributed by atoms with Crippen molar-refractivity contribution in [3.05, 3.63) is 53.4 Å². The van der Waals surface area contributed by atoms with E-state index in [1.54, 1.807) is 12.2 Å². The number of hydrogen-bond donors (Lipinski definition) is 0. The Morgan fingerprint density at radius 3 is 2.75 bits per heavy atom. The van der Waals surface area contributed by atoms with Gasteiger partial charge in [-0.05, 0) is 35.1 Å². The highest BCUT2D eigenvalue weighted by molar-refractivity contribution is 5.63. The van der Waals surface area contributed by atoms with Crippen LogP contribution in [0.1, 0.15) is 31.4 Å². The molecule has 2 unspecified atom stereocenters. The lowest BCUT2D eigenvalue weighted by Gasteiger charge is -2.20. The molecule has 0 bridgehead atoms. The molecule has 0 nitrogen and oxygen atoms in total. The molecule has 0 saturated heterocycles. The zero-order chi connectivity index (χ0) is 11.4. The van der Waals surface area contributed by atoms with E-state index in [9.17, 15) is 4.39 Å².